The summed E-state index contributed by atoms with van der Waals surface area (Å²) >= 11 is 12.2. The number of nitrogens with zero attached hydrogens (tertiary/aromatic N) is 2. The summed E-state index contributed by atoms with van der Waals surface area (Å²) in [6.07, 6.45) is 1.91. The monoisotopic (exact) mass is 355 g/mol. The first kappa shape index (κ1) is 17.6. The fourth-order valence-corrected chi connectivity index (χ4v) is 2.65. The molecule has 0 spiro atoms. The molecule has 0 aliphatic heterocycles. The first-order valence-electron chi connectivity index (χ1n) is 7.14. The van der Waals surface area contributed by atoms with Gasteiger partial charge in [-0.3, -0.25) is 4.79 Å². The minimum absolute atomic E-state index is 0.0327. The van der Waals surface area contributed by atoms with E-state index in [4.69, 9.17) is 23.2 Å². The van der Waals surface area contributed by atoms with E-state index in [9.17, 15) is 9.18 Å². The van der Waals surface area contributed by atoms with E-state index >= 15 is 0 Å². The third-order valence-electron chi connectivity index (χ3n) is 3.17. The van der Waals surface area contributed by atoms with Crippen molar-refractivity contribution in [2.24, 2.45) is 0 Å². The highest BCUT2D eigenvalue weighted by molar-refractivity contribution is 6.35. The maximum absolute atomic E-state index is 14.3. The lowest BCUT2D eigenvalue weighted by Gasteiger charge is -2.13. The van der Waals surface area contributed by atoms with Crippen molar-refractivity contribution < 1.29 is 9.18 Å². The number of benzene rings is 1. The van der Waals surface area contributed by atoms with Gasteiger partial charge in [-0.2, -0.15) is 0 Å². The molecular weight excluding hydrogens is 340 g/mol. The van der Waals surface area contributed by atoms with Crippen LogP contribution in [0.25, 0.3) is 11.3 Å². The Kier molecular flexibility index (Phi) is 5.55. The number of aromatic nitrogens is 2. The fourth-order valence-electron chi connectivity index (χ4n) is 2.08. The lowest BCUT2D eigenvalue weighted by atomic mass is 10.0. The van der Waals surface area contributed by atoms with Crippen LogP contribution in [-0.2, 0) is 6.42 Å². The second-order valence-corrected chi connectivity index (χ2v) is 6.06. The van der Waals surface area contributed by atoms with E-state index in [0.29, 0.717) is 12.1 Å². The molecule has 0 radical (unpaired) electrons. The second kappa shape index (κ2) is 7.23. The topological polar surface area (TPSA) is 54.9 Å². The van der Waals surface area contributed by atoms with Crippen LogP contribution in [0.5, 0.6) is 0 Å². The number of aryl methyl sites for hydroxylation is 1. The number of rotatable bonds is 4. The van der Waals surface area contributed by atoms with Crippen molar-refractivity contribution in [3.05, 3.63) is 45.6 Å². The molecule has 1 heterocycles. The zero-order valence-electron chi connectivity index (χ0n) is 13.0. The summed E-state index contributed by atoms with van der Waals surface area (Å²) in [7, 11) is 0. The first-order chi connectivity index (χ1) is 10.8. The van der Waals surface area contributed by atoms with Crippen molar-refractivity contribution in [2.45, 2.75) is 33.2 Å². The first-order valence-corrected chi connectivity index (χ1v) is 7.90. The highest BCUT2D eigenvalue weighted by Crippen LogP contribution is 2.32. The van der Waals surface area contributed by atoms with Gasteiger partial charge in [0.15, 0.2) is 0 Å². The minimum Gasteiger partial charge on any atom is -0.350 e. The number of hydrogen-bond donors (Lipinski definition) is 1. The number of halogens is 3. The Labute approximate surface area is 144 Å². The predicted octanol–water partition coefficient (Wildman–Crippen LogP) is 4.29. The molecule has 0 fully saturated rings. The highest BCUT2D eigenvalue weighted by atomic mass is 35.5. The molecule has 0 saturated carbocycles. The van der Waals surface area contributed by atoms with Gasteiger partial charge >= 0.3 is 0 Å². The van der Waals surface area contributed by atoms with Crippen molar-refractivity contribution in [3.63, 3.8) is 0 Å². The molecule has 1 aromatic heterocycles. The van der Waals surface area contributed by atoms with Crippen molar-refractivity contribution in [1.29, 1.82) is 0 Å². The lowest BCUT2D eigenvalue weighted by Crippen LogP contribution is -2.30. The molecule has 7 heteroatoms. The molecule has 2 aromatic rings. The minimum atomic E-state index is -0.598. The molecule has 0 aliphatic rings. The molecule has 122 valence electrons. The molecule has 0 atom stereocenters. The van der Waals surface area contributed by atoms with Gasteiger partial charge in [-0.05, 0) is 32.4 Å². The Bertz CT molecular complexity index is 750. The van der Waals surface area contributed by atoms with Gasteiger partial charge < -0.3 is 5.32 Å². The molecule has 4 nitrogen and oxygen atoms in total. The Morgan fingerprint density at radius 3 is 2.61 bits per heavy atom. The smallest absolute Gasteiger partial charge is 0.253 e. The van der Waals surface area contributed by atoms with Crippen LogP contribution in [0, 0.1) is 5.82 Å². The number of amides is 1. The van der Waals surface area contributed by atoms with E-state index < -0.39 is 5.82 Å². The maximum atomic E-state index is 14.3. The van der Waals surface area contributed by atoms with Crippen molar-refractivity contribution >= 4 is 29.1 Å². The normalized spacial score (nSPS) is 10.9. The molecule has 1 aromatic carbocycles. The number of hydrogen-bond acceptors (Lipinski definition) is 3. The average molecular weight is 356 g/mol. The molecule has 2 rings (SSSR count). The van der Waals surface area contributed by atoms with E-state index in [0.717, 1.165) is 6.07 Å². The summed E-state index contributed by atoms with van der Waals surface area (Å²) in [6.45, 7) is 5.54. The second-order valence-electron chi connectivity index (χ2n) is 5.28. The van der Waals surface area contributed by atoms with Crippen molar-refractivity contribution in [3.8, 4) is 11.3 Å². The van der Waals surface area contributed by atoms with Gasteiger partial charge in [0.1, 0.15) is 12.1 Å². The van der Waals surface area contributed by atoms with Gasteiger partial charge in [-0.25, -0.2) is 14.4 Å². The van der Waals surface area contributed by atoms with Gasteiger partial charge in [0, 0.05) is 11.6 Å². The van der Waals surface area contributed by atoms with Crippen molar-refractivity contribution in [1.82, 2.24) is 15.3 Å². The van der Waals surface area contributed by atoms with Gasteiger partial charge in [0.25, 0.3) is 5.91 Å². The molecule has 0 bridgehead atoms. The van der Waals surface area contributed by atoms with E-state index in [1.807, 2.05) is 20.8 Å². The number of carbonyl (C=O) groups excluding carboxylic acids is 1. The van der Waals surface area contributed by atoms with Gasteiger partial charge in [-0.15, -0.1) is 0 Å². The third kappa shape index (κ3) is 3.79. The summed E-state index contributed by atoms with van der Waals surface area (Å²) in [5.74, 6) is -0.981. The molecule has 1 N–H and O–H groups in total. The summed E-state index contributed by atoms with van der Waals surface area (Å²) < 4.78 is 14.3. The molecule has 0 saturated heterocycles. The molecule has 23 heavy (non-hydrogen) atoms. The Balaban J connectivity index is 2.58. The Hall–Kier alpha value is -1.72. The third-order valence-corrected chi connectivity index (χ3v) is 3.88. The maximum Gasteiger partial charge on any atom is 0.253 e. The fraction of sp³-hybridized carbons (Fsp3) is 0.312. The lowest BCUT2D eigenvalue weighted by molar-refractivity contribution is 0.0943. The summed E-state index contributed by atoms with van der Waals surface area (Å²) in [5, 5.41) is 3.03. The van der Waals surface area contributed by atoms with Crippen LogP contribution < -0.4 is 5.32 Å². The van der Waals surface area contributed by atoms with Crippen LogP contribution in [0.1, 0.15) is 36.8 Å². The van der Waals surface area contributed by atoms with Crippen LogP contribution in [0.15, 0.2) is 18.5 Å². The summed E-state index contributed by atoms with van der Waals surface area (Å²) in [5.41, 5.74) is 1.14. The zero-order valence-corrected chi connectivity index (χ0v) is 14.5. The Morgan fingerprint density at radius 1 is 1.30 bits per heavy atom. The quantitative estimate of drug-likeness (QED) is 0.889. The highest BCUT2D eigenvalue weighted by Gasteiger charge is 2.19. The predicted molar refractivity (Wildman–Crippen MR) is 89.4 cm³/mol. The molecule has 0 aliphatic carbocycles. The van der Waals surface area contributed by atoms with E-state index in [2.05, 4.69) is 15.3 Å². The van der Waals surface area contributed by atoms with Gasteiger partial charge in [0.2, 0.25) is 0 Å². The largest absolute Gasteiger partial charge is 0.350 e. The average Bonchev–Trinajstić information content (AvgIpc) is 2.47. The standard InChI is InChI=1S/C16H16Cl2FN3O/c1-4-13-14(18)15(21-7-20-13)10-5-9(11(17)6-12(10)19)16(23)22-8(2)3/h5-8H,4H2,1-3H3,(H,22,23). The van der Waals surface area contributed by atoms with Crippen LogP contribution in [0.3, 0.4) is 0 Å². The van der Waals surface area contributed by atoms with E-state index in [1.165, 1.54) is 12.4 Å². The SMILES string of the molecule is CCc1ncnc(-c2cc(C(=O)NC(C)C)c(Cl)cc2F)c1Cl. The van der Waals surface area contributed by atoms with Crippen LogP contribution in [0.2, 0.25) is 10.0 Å². The van der Waals surface area contributed by atoms with Gasteiger partial charge in [0.05, 0.1) is 27.0 Å². The zero-order chi connectivity index (χ0) is 17.1. The van der Waals surface area contributed by atoms with Crippen LogP contribution in [-0.4, -0.2) is 21.9 Å². The summed E-state index contributed by atoms with van der Waals surface area (Å²) in [6, 6.07) is 2.39. The van der Waals surface area contributed by atoms with E-state index in [-0.39, 0.29) is 38.8 Å². The van der Waals surface area contributed by atoms with E-state index in [1.54, 1.807) is 0 Å². The molecule has 0 unspecified atom stereocenters. The van der Waals surface area contributed by atoms with Crippen LogP contribution >= 0.6 is 23.2 Å². The molecule has 1 amide bonds. The van der Waals surface area contributed by atoms with Crippen LogP contribution in [0.4, 0.5) is 4.39 Å². The Morgan fingerprint density at radius 2 is 2.00 bits per heavy atom. The van der Waals surface area contributed by atoms with Gasteiger partial charge in [-0.1, -0.05) is 30.1 Å². The van der Waals surface area contributed by atoms with Crippen molar-refractivity contribution in [2.75, 3.05) is 0 Å². The number of nitrogens with one attached hydrogen (secondary N) is 1. The number of carbonyl (C=O) groups is 1. The summed E-state index contributed by atoms with van der Waals surface area (Å²) in [4.78, 5) is 20.3. The molecular formula is C16H16Cl2FN3O.